The molecule has 4 rings (SSSR count). The summed E-state index contributed by atoms with van der Waals surface area (Å²) in [7, 11) is 3.19. The van der Waals surface area contributed by atoms with Crippen LogP contribution in [-0.2, 0) is 16.1 Å². The van der Waals surface area contributed by atoms with E-state index < -0.39 is 0 Å². The molecule has 2 aliphatic rings. The number of piperidine rings is 1. The number of rotatable bonds is 7. The summed E-state index contributed by atoms with van der Waals surface area (Å²) in [6.45, 7) is 1.25. The first-order chi connectivity index (χ1) is 16.5. The molecule has 1 heterocycles. The summed E-state index contributed by atoms with van der Waals surface area (Å²) in [5.41, 5.74) is 1.73. The number of carbonyl (C=O) groups is 2. The Labute approximate surface area is 200 Å². The highest BCUT2D eigenvalue weighted by molar-refractivity contribution is 5.82. The normalized spacial score (nSPS) is 20.7. The van der Waals surface area contributed by atoms with Crippen molar-refractivity contribution in [1.29, 1.82) is 0 Å². The summed E-state index contributed by atoms with van der Waals surface area (Å²) >= 11 is 0. The minimum atomic E-state index is -0.342. The number of nitrogens with zero attached hydrogens (tertiary/aromatic N) is 1. The van der Waals surface area contributed by atoms with E-state index >= 15 is 0 Å². The van der Waals surface area contributed by atoms with Crippen LogP contribution in [0.4, 0.5) is 4.39 Å². The minimum absolute atomic E-state index is 0.00355. The Morgan fingerprint density at radius 3 is 2.47 bits per heavy atom. The Hall–Kier alpha value is -3.09. The molecule has 2 amide bonds. The van der Waals surface area contributed by atoms with E-state index in [1.807, 2.05) is 23.1 Å². The fourth-order valence-corrected chi connectivity index (χ4v) is 5.23. The molecule has 182 valence electrons. The van der Waals surface area contributed by atoms with Crippen LogP contribution in [0.5, 0.6) is 11.5 Å². The number of methoxy groups -OCH3 is 2. The highest BCUT2D eigenvalue weighted by Gasteiger charge is 2.37. The fourth-order valence-electron chi connectivity index (χ4n) is 5.23. The lowest BCUT2D eigenvalue weighted by atomic mass is 9.83. The second-order valence-electron chi connectivity index (χ2n) is 9.32. The van der Waals surface area contributed by atoms with E-state index in [9.17, 15) is 14.0 Å². The molecule has 2 fully saturated rings. The van der Waals surface area contributed by atoms with Crippen molar-refractivity contribution in [3.05, 3.63) is 59.4 Å². The van der Waals surface area contributed by atoms with Gasteiger partial charge in [0.05, 0.1) is 20.1 Å². The molecule has 0 bridgehead atoms. The van der Waals surface area contributed by atoms with E-state index in [0.717, 1.165) is 31.2 Å². The van der Waals surface area contributed by atoms with Crippen molar-refractivity contribution in [2.24, 2.45) is 11.8 Å². The van der Waals surface area contributed by atoms with E-state index in [1.54, 1.807) is 26.4 Å². The fraction of sp³-hybridized carbons (Fsp3) is 0.481. The molecule has 0 spiro atoms. The second kappa shape index (κ2) is 10.9. The molecule has 1 aliphatic carbocycles. The third-order valence-electron chi connectivity index (χ3n) is 7.07. The van der Waals surface area contributed by atoms with Crippen molar-refractivity contribution in [3.63, 3.8) is 0 Å². The summed E-state index contributed by atoms with van der Waals surface area (Å²) in [6, 6.07) is 12.0. The van der Waals surface area contributed by atoms with Gasteiger partial charge in [-0.3, -0.25) is 9.59 Å². The summed E-state index contributed by atoms with van der Waals surface area (Å²) < 4.78 is 24.4. The van der Waals surface area contributed by atoms with Crippen LogP contribution in [0.1, 0.15) is 49.1 Å². The zero-order valence-electron chi connectivity index (χ0n) is 19.9. The van der Waals surface area contributed by atoms with Crippen LogP contribution in [0, 0.1) is 17.7 Å². The maximum absolute atomic E-state index is 13.5. The molecule has 7 heteroatoms. The van der Waals surface area contributed by atoms with Crippen LogP contribution in [0.3, 0.4) is 0 Å². The monoisotopic (exact) mass is 468 g/mol. The zero-order chi connectivity index (χ0) is 24.1. The quantitative estimate of drug-likeness (QED) is 0.659. The van der Waals surface area contributed by atoms with E-state index in [4.69, 9.17) is 9.47 Å². The summed E-state index contributed by atoms with van der Waals surface area (Å²) in [4.78, 5) is 28.3. The van der Waals surface area contributed by atoms with Gasteiger partial charge in [-0.05, 0) is 54.7 Å². The van der Waals surface area contributed by atoms with Crippen molar-refractivity contribution in [2.75, 3.05) is 27.3 Å². The van der Waals surface area contributed by atoms with Gasteiger partial charge in [0.15, 0.2) is 11.5 Å². The molecule has 2 atom stereocenters. The van der Waals surface area contributed by atoms with Crippen LogP contribution in [0.25, 0.3) is 0 Å². The van der Waals surface area contributed by atoms with Gasteiger partial charge in [-0.2, -0.15) is 0 Å². The van der Waals surface area contributed by atoms with Crippen molar-refractivity contribution < 1.29 is 23.5 Å². The van der Waals surface area contributed by atoms with Gasteiger partial charge in [0.25, 0.3) is 0 Å². The number of nitrogens with one attached hydrogen (secondary N) is 1. The van der Waals surface area contributed by atoms with E-state index in [2.05, 4.69) is 5.32 Å². The van der Waals surface area contributed by atoms with Crippen LogP contribution in [-0.4, -0.2) is 44.0 Å². The molecule has 1 saturated carbocycles. The molecule has 6 nitrogen and oxygen atoms in total. The maximum atomic E-state index is 13.5. The standard InChI is InChI=1S/C27H33FN2O4/c1-33-24-11-10-20(14-25(24)34-2)21-13-22(17-30(16-21)27(32)19-7-3-4-8-19)26(31)29-15-18-6-5-9-23(28)12-18/h5-6,9-12,14,19,21-22H,3-4,7-8,13,15-17H2,1-2H3,(H,29,31). The molecule has 2 aromatic rings. The number of carbonyl (C=O) groups excluding carboxylic acids is 2. The molecule has 2 unspecified atom stereocenters. The lowest BCUT2D eigenvalue weighted by Gasteiger charge is -2.38. The topological polar surface area (TPSA) is 67.9 Å². The van der Waals surface area contributed by atoms with Crippen LogP contribution in [0.15, 0.2) is 42.5 Å². The average Bonchev–Trinajstić information content (AvgIpc) is 3.41. The first kappa shape index (κ1) is 24.0. The number of likely N-dealkylation sites (tertiary alicyclic amines) is 1. The molecule has 1 N–H and O–H groups in total. The molecule has 2 aromatic carbocycles. The zero-order valence-corrected chi connectivity index (χ0v) is 19.9. The lowest BCUT2D eigenvalue weighted by molar-refractivity contribution is -0.139. The first-order valence-corrected chi connectivity index (χ1v) is 12.0. The number of amides is 2. The number of hydrogen-bond donors (Lipinski definition) is 1. The van der Waals surface area contributed by atoms with Gasteiger partial charge in [-0.1, -0.05) is 31.0 Å². The number of halogens is 1. The maximum Gasteiger partial charge on any atom is 0.225 e. The number of hydrogen-bond acceptors (Lipinski definition) is 4. The molecule has 34 heavy (non-hydrogen) atoms. The van der Waals surface area contributed by atoms with Crippen LogP contribution >= 0.6 is 0 Å². The smallest absolute Gasteiger partial charge is 0.225 e. The first-order valence-electron chi connectivity index (χ1n) is 12.0. The predicted octanol–water partition coefficient (Wildman–Crippen LogP) is 4.28. The lowest BCUT2D eigenvalue weighted by Crippen LogP contribution is -2.49. The SMILES string of the molecule is COc1ccc(C2CC(C(=O)NCc3cccc(F)c3)CN(C(=O)C3CCCC3)C2)cc1OC. The molecule has 1 saturated heterocycles. The number of ether oxygens (including phenoxy) is 2. The third-order valence-corrected chi connectivity index (χ3v) is 7.07. The van der Waals surface area contributed by atoms with Gasteiger partial charge >= 0.3 is 0 Å². The highest BCUT2D eigenvalue weighted by atomic mass is 19.1. The molecule has 0 radical (unpaired) electrons. The van der Waals surface area contributed by atoms with Gasteiger partial charge in [-0.15, -0.1) is 0 Å². The van der Waals surface area contributed by atoms with Gasteiger partial charge in [-0.25, -0.2) is 4.39 Å². The summed E-state index contributed by atoms with van der Waals surface area (Å²) in [5, 5.41) is 2.95. The number of benzene rings is 2. The summed E-state index contributed by atoms with van der Waals surface area (Å²) in [6.07, 6.45) is 4.64. The summed E-state index contributed by atoms with van der Waals surface area (Å²) in [5.74, 6) is 0.710. The van der Waals surface area contributed by atoms with Crippen LogP contribution in [0.2, 0.25) is 0 Å². The Kier molecular flexibility index (Phi) is 7.70. The van der Waals surface area contributed by atoms with E-state index in [0.29, 0.717) is 36.6 Å². The molecular formula is C27H33FN2O4. The Morgan fingerprint density at radius 2 is 1.76 bits per heavy atom. The van der Waals surface area contributed by atoms with E-state index in [1.165, 1.54) is 12.1 Å². The van der Waals surface area contributed by atoms with Crippen LogP contribution < -0.4 is 14.8 Å². The van der Waals surface area contributed by atoms with Gasteiger partial charge in [0.2, 0.25) is 11.8 Å². The average molecular weight is 469 g/mol. The van der Waals surface area contributed by atoms with Crippen molar-refractivity contribution in [2.45, 2.75) is 44.6 Å². The minimum Gasteiger partial charge on any atom is -0.493 e. The molecule has 1 aliphatic heterocycles. The van der Waals surface area contributed by atoms with E-state index in [-0.39, 0.29) is 41.9 Å². The molecule has 0 aromatic heterocycles. The predicted molar refractivity (Wildman–Crippen MR) is 127 cm³/mol. The van der Waals surface area contributed by atoms with Gasteiger partial charge in [0, 0.05) is 31.5 Å². The van der Waals surface area contributed by atoms with Gasteiger partial charge < -0.3 is 19.7 Å². The highest BCUT2D eigenvalue weighted by Crippen LogP contribution is 2.37. The van der Waals surface area contributed by atoms with Crippen molar-refractivity contribution in [1.82, 2.24) is 10.2 Å². The Morgan fingerprint density at radius 1 is 1.00 bits per heavy atom. The second-order valence-corrected chi connectivity index (χ2v) is 9.32. The van der Waals surface area contributed by atoms with Crippen molar-refractivity contribution in [3.8, 4) is 11.5 Å². The van der Waals surface area contributed by atoms with Crippen molar-refractivity contribution >= 4 is 11.8 Å². The molecular weight excluding hydrogens is 435 g/mol. The largest absolute Gasteiger partial charge is 0.493 e. The Balaban J connectivity index is 1.53. The third kappa shape index (κ3) is 5.51. The van der Waals surface area contributed by atoms with Gasteiger partial charge in [0.1, 0.15) is 5.82 Å². The Bertz CT molecular complexity index is 1020.